The predicted molar refractivity (Wildman–Crippen MR) is 128 cm³/mol. The van der Waals surface area contributed by atoms with Gasteiger partial charge in [-0.1, -0.05) is 53.4 Å². The lowest BCUT2D eigenvalue weighted by molar-refractivity contribution is -0.00971. The van der Waals surface area contributed by atoms with Crippen LogP contribution in [0.3, 0.4) is 0 Å². The summed E-state index contributed by atoms with van der Waals surface area (Å²) >= 11 is 10.8. The fourth-order valence-electron chi connectivity index (χ4n) is 8.83. The lowest BCUT2D eigenvalue weighted by atomic mass is 9.48. The van der Waals surface area contributed by atoms with Crippen LogP contribution >= 0.6 is 24.8 Å². The first-order chi connectivity index (χ1) is 12.8. The highest BCUT2D eigenvalue weighted by atomic mass is 32.1. The zero-order valence-corrected chi connectivity index (χ0v) is 20.6. The minimum Gasteiger partial charge on any atom is -0.168 e. The van der Waals surface area contributed by atoms with E-state index in [2.05, 4.69) is 60.8 Å². The van der Waals surface area contributed by atoms with Crippen molar-refractivity contribution in [3.8, 4) is 0 Å². The first-order valence-corrected chi connectivity index (χ1v) is 12.0. The first kappa shape index (κ1) is 21.0. The van der Waals surface area contributed by atoms with Gasteiger partial charge in [0.25, 0.3) is 0 Å². The SMILES string of the molecule is C=C=C1C(C)(C)CC2C3CC(C)(S)/C(=C(\C)C=S)C4(CC4(C)C)C3CCC12C. The molecule has 0 aromatic rings. The van der Waals surface area contributed by atoms with Crippen molar-refractivity contribution in [3.05, 3.63) is 29.0 Å². The molecule has 4 saturated carbocycles. The van der Waals surface area contributed by atoms with Crippen LogP contribution in [0.25, 0.3) is 0 Å². The highest BCUT2D eigenvalue weighted by Gasteiger charge is 2.74. The van der Waals surface area contributed by atoms with Crippen LogP contribution in [0, 0.1) is 39.4 Å². The molecule has 0 N–H and O–H groups in total. The molecule has 4 aliphatic carbocycles. The Hall–Kier alpha value is -0.300. The zero-order chi connectivity index (χ0) is 20.9. The molecule has 1 spiro atoms. The van der Waals surface area contributed by atoms with E-state index >= 15 is 0 Å². The number of hydrogen-bond donors (Lipinski definition) is 1. The highest BCUT2D eigenvalue weighted by molar-refractivity contribution is 7.82. The number of thiocarbonyl (C=S) groups is 1. The monoisotopic (exact) mass is 414 g/mol. The van der Waals surface area contributed by atoms with Gasteiger partial charge in [-0.15, -0.1) is 5.73 Å². The van der Waals surface area contributed by atoms with Gasteiger partial charge in [-0.05, 0) is 96.7 Å². The van der Waals surface area contributed by atoms with E-state index in [9.17, 15) is 0 Å². The Balaban J connectivity index is 1.87. The van der Waals surface area contributed by atoms with Gasteiger partial charge < -0.3 is 0 Å². The van der Waals surface area contributed by atoms with Crippen molar-refractivity contribution in [1.82, 2.24) is 0 Å². The first-order valence-electron chi connectivity index (χ1n) is 11.1. The maximum Gasteiger partial charge on any atom is 0.0324 e. The predicted octanol–water partition coefficient (Wildman–Crippen LogP) is 7.60. The average molecular weight is 415 g/mol. The Morgan fingerprint density at radius 3 is 2.25 bits per heavy atom. The molecule has 154 valence electrons. The summed E-state index contributed by atoms with van der Waals surface area (Å²) in [4.78, 5) is 0. The maximum atomic E-state index is 5.43. The topological polar surface area (TPSA) is 0 Å². The number of thiol groups is 1. The Kier molecular flexibility index (Phi) is 4.41. The number of rotatable bonds is 1. The van der Waals surface area contributed by atoms with Crippen LogP contribution in [0.15, 0.2) is 29.0 Å². The smallest absolute Gasteiger partial charge is 0.0324 e. The molecule has 4 fully saturated rings. The van der Waals surface area contributed by atoms with E-state index < -0.39 is 0 Å². The summed E-state index contributed by atoms with van der Waals surface area (Å²) in [7, 11) is 0. The maximum absolute atomic E-state index is 5.43. The third-order valence-corrected chi connectivity index (χ3v) is 10.4. The van der Waals surface area contributed by atoms with E-state index in [-0.39, 0.29) is 21.0 Å². The molecule has 6 atom stereocenters. The van der Waals surface area contributed by atoms with Crippen LogP contribution in [-0.2, 0) is 0 Å². The van der Waals surface area contributed by atoms with Crippen molar-refractivity contribution in [2.24, 2.45) is 39.4 Å². The molecule has 0 heterocycles. The summed E-state index contributed by atoms with van der Waals surface area (Å²) in [6, 6.07) is 0. The molecule has 0 radical (unpaired) electrons. The molecule has 0 nitrogen and oxygen atoms in total. The van der Waals surface area contributed by atoms with Gasteiger partial charge in [0.05, 0.1) is 0 Å². The molecule has 6 unspecified atom stereocenters. The van der Waals surface area contributed by atoms with Crippen molar-refractivity contribution < 1.29 is 0 Å². The summed E-state index contributed by atoms with van der Waals surface area (Å²) < 4.78 is -0.0721. The van der Waals surface area contributed by atoms with Crippen molar-refractivity contribution in [2.75, 3.05) is 0 Å². The minimum absolute atomic E-state index is 0.0721. The van der Waals surface area contributed by atoms with Gasteiger partial charge in [0.1, 0.15) is 0 Å². The largest absolute Gasteiger partial charge is 0.168 e. The van der Waals surface area contributed by atoms with E-state index in [4.69, 9.17) is 24.8 Å². The number of hydrogen-bond acceptors (Lipinski definition) is 2. The molecular weight excluding hydrogens is 376 g/mol. The second-order valence-corrected chi connectivity index (χ2v) is 13.4. The van der Waals surface area contributed by atoms with Gasteiger partial charge in [0, 0.05) is 15.5 Å². The molecule has 0 bridgehead atoms. The van der Waals surface area contributed by atoms with Crippen molar-refractivity contribution in [1.29, 1.82) is 0 Å². The third kappa shape index (κ3) is 2.41. The molecule has 28 heavy (non-hydrogen) atoms. The Bertz CT molecular complexity index is 819. The lowest BCUT2D eigenvalue weighted by Gasteiger charge is -2.58. The molecule has 0 amide bonds. The van der Waals surface area contributed by atoms with Crippen LogP contribution < -0.4 is 0 Å². The van der Waals surface area contributed by atoms with Crippen LogP contribution in [0.5, 0.6) is 0 Å². The van der Waals surface area contributed by atoms with Crippen LogP contribution in [-0.4, -0.2) is 10.1 Å². The molecule has 2 heteroatoms. The van der Waals surface area contributed by atoms with Crippen molar-refractivity contribution in [2.45, 2.75) is 85.3 Å². The quantitative estimate of drug-likeness (QED) is 0.199. The standard InChI is InChI=1S/C26H38S2/c1-9-20-22(3,4)13-19-17-12-25(8,28)21(16(2)14-27)26(15-23(26,5)6)18(17)10-11-24(19,20)7/h14,17-19,28H,1,10-13,15H2,2-8H3/b21-16-. The molecular formula is C26H38S2. The minimum atomic E-state index is -0.0721. The van der Waals surface area contributed by atoms with E-state index in [0.29, 0.717) is 5.41 Å². The summed E-state index contributed by atoms with van der Waals surface area (Å²) in [5, 5.41) is 1.92. The Morgan fingerprint density at radius 2 is 1.75 bits per heavy atom. The lowest BCUT2D eigenvalue weighted by Crippen LogP contribution is -2.52. The van der Waals surface area contributed by atoms with E-state index in [1.165, 1.54) is 43.3 Å². The van der Waals surface area contributed by atoms with E-state index in [0.717, 1.165) is 17.8 Å². The molecule has 0 aromatic carbocycles. The highest BCUT2D eigenvalue weighted by Crippen LogP contribution is 2.81. The molecule has 0 aromatic heterocycles. The average Bonchev–Trinajstić information content (AvgIpc) is 3.02. The van der Waals surface area contributed by atoms with E-state index in [1.807, 2.05) is 5.37 Å². The van der Waals surface area contributed by atoms with Crippen LogP contribution in [0.2, 0.25) is 0 Å². The van der Waals surface area contributed by atoms with Gasteiger partial charge in [0.15, 0.2) is 0 Å². The number of fused-ring (bicyclic) bond motifs is 4. The zero-order valence-electron chi connectivity index (χ0n) is 18.9. The molecule has 0 aliphatic heterocycles. The fourth-order valence-corrected chi connectivity index (χ4v) is 9.54. The van der Waals surface area contributed by atoms with Gasteiger partial charge in [0.2, 0.25) is 0 Å². The van der Waals surface area contributed by atoms with Crippen molar-refractivity contribution >= 4 is 30.2 Å². The Labute approximate surface area is 183 Å². The second-order valence-electron chi connectivity index (χ2n) is 12.2. The number of allylic oxidation sites excluding steroid dienone is 2. The van der Waals surface area contributed by atoms with Crippen LogP contribution in [0.4, 0.5) is 0 Å². The Morgan fingerprint density at radius 1 is 1.14 bits per heavy atom. The van der Waals surface area contributed by atoms with Crippen molar-refractivity contribution in [3.63, 3.8) is 0 Å². The second kappa shape index (κ2) is 5.89. The molecule has 4 rings (SSSR count). The fraction of sp³-hybridized carbons (Fsp3) is 0.769. The normalized spacial score (nSPS) is 49.9. The third-order valence-electron chi connectivity index (χ3n) is 9.61. The summed E-state index contributed by atoms with van der Waals surface area (Å²) in [5.74, 6) is 2.22. The molecule has 0 saturated heterocycles. The molecule has 4 aliphatic rings. The van der Waals surface area contributed by atoms with Gasteiger partial charge >= 0.3 is 0 Å². The van der Waals surface area contributed by atoms with E-state index in [1.54, 1.807) is 5.57 Å². The van der Waals surface area contributed by atoms with Gasteiger partial charge in [-0.3, -0.25) is 0 Å². The summed E-state index contributed by atoms with van der Waals surface area (Å²) in [6.07, 6.45) is 6.35. The summed E-state index contributed by atoms with van der Waals surface area (Å²) in [5.41, 5.74) is 8.92. The van der Waals surface area contributed by atoms with Crippen LogP contribution in [0.1, 0.15) is 80.6 Å². The summed E-state index contributed by atoms with van der Waals surface area (Å²) in [6.45, 7) is 21.0. The van der Waals surface area contributed by atoms with Gasteiger partial charge in [-0.25, -0.2) is 0 Å². The van der Waals surface area contributed by atoms with Gasteiger partial charge in [-0.2, -0.15) is 12.6 Å².